The average Bonchev–Trinajstić information content (AvgIpc) is 3.17. The third kappa shape index (κ3) is 4.17. The van der Waals surface area contributed by atoms with Crippen molar-refractivity contribution in [2.45, 2.75) is 33.0 Å². The van der Waals surface area contributed by atoms with Crippen molar-refractivity contribution >= 4 is 28.1 Å². The van der Waals surface area contributed by atoms with Crippen LogP contribution in [0.25, 0.3) is 10.9 Å². The second kappa shape index (κ2) is 8.25. The standard InChI is InChI=1S/C19H22N4O2S/c1-3-23(13(2)18(24)20-11-14-7-6-10-26-14)12-17-21-16-9-5-4-8-15(16)19(25)22-17/h4-10,13H,3,11-12H2,1-2H3,(H,20,24)(H,21,22,25). The van der Waals surface area contributed by atoms with Crippen molar-refractivity contribution in [1.82, 2.24) is 20.2 Å². The Morgan fingerprint density at radius 2 is 2.12 bits per heavy atom. The van der Waals surface area contributed by atoms with E-state index in [2.05, 4.69) is 15.3 Å². The molecule has 0 spiro atoms. The van der Waals surface area contributed by atoms with E-state index in [0.717, 1.165) is 4.88 Å². The number of benzene rings is 1. The molecule has 0 saturated heterocycles. The molecular weight excluding hydrogens is 348 g/mol. The van der Waals surface area contributed by atoms with Gasteiger partial charge < -0.3 is 10.3 Å². The second-order valence-electron chi connectivity index (χ2n) is 6.07. The molecule has 0 bridgehead atoms. The highest BCUT2D eigenvalue weighted by Crippen LogP contribution is 2.10. The number of carbonyl (C=O) groups excluding carboxylic acids is 1. The third-order valence-corrected chi connectivity index (χ3v) is 5.24. The lowest BCUT2D eigenvalue weighted by Gasteiger charge is -2.26. The number of rotatable bonds is 7. The number of fused-ring (bicyclic) bond motifs is 1. The van der Waals surface area contributed by atoms with Crippen molar-refractivity contribution in [1.29, 1.82) is 0 Å². The third-order valence-electron chi connectivity index (χ3n) is 4.37. The van der Waals surface area contributed by atoms with E-state index in [0.29, 0.717) is 36.4 Å². The smallest absolute Gasteiger partial charge is 0.258 e. The molecule has 7 heteroatoms. The van der Waals surface area contributed by atoms with Crippen molar-refractivity contribution in [3.63, 3.8) is 0 Å². The highest BCUT2D eigenvalue weighted by Gasteiger charge is 2.21. The number of H-pyrrole nitrogens is 1. The number of thiophene rings is 1. The highest BCUT2D eigenvalue weighted by atomic mass is 32.1. The minimum Gasteiger partial charge on any atom is -0.350 e. The Balaban J connectivity index is 1.70. The summed E-state index contributed by atoms with van der Waals surface area (Å²) >= 11 is 1.62. The fourth-order valence-electron chi connectivity index (χ4n) is 2.83. The normalized spacial score (nSPS) is 12.4. The first-order valence-corrected chi connectivity index (χ1v) is 9.48. The maximum atomic E-state index is 12.5. The van der Waals surface area contributed by atoms with Crippen molar-refractivity contribution in [3.05, 3.63) is 62.8 Å². The Labute approximate surface area is 155 Å². The van der Waals surface area contributed by atoms with Gasteiger partial charge in [0.2, 0.25) is 5.91 Å². The van der Waals surface area contributed by atoms with E-state index in [4.69, 9.17) is 0 Å². The van der Waals surface area contributed by atoms with Crippen LogP contribution in [0.15, 0.2) is 46.6 Å². The fourth-order valence-corrected chi connectivity index (χ4v) is 3.47. The fraction of sp³-hybridized carbons (Fsp3) is 0.316. The van der Waals surface area contributed by atoms with Gasteiger partial charge in [-0.05, 0) is 37.0 Å². The first kappa shape index (κ1) is 18.3. The molecule has 0 saturated carbocycles. The zero-order valence-electron chi connectivity index (χ0n) is 14.9. The van der Waals surface area contributed by atoms with E-state index in [9.17, 15) is 9.59 Å². The summed E-state index contributed by atoms with van der Waals surface area (Å²) in [6.07, 6.45) is 0. The Morgan fingerprint density at radius 3 is 2.85 bits per heavy atom. The molecule has 2 aromatic heterocycles. The maximum absolute atomic E-state index is 12.5. The second-order valence-corrected chi connectivity index (χ2v) is 7.10. The molecule has 1 unspecified atom stereocenters. The van der Waals surface area contributed by atoms with E-state index in [-0.39, 0.29) is 17.5 Å². The van der Waals surface area contributed by atoms with Crippen LogP contribution in [0.3, 0.4) is 0 Å². The Morgan fingerprint density at radius 1 is 1.31 bits per heavy atom. The lowest BCUT2D eigenvalue weighted by atomic mass is 10.2. The molecule has 1 amide bonds. The first-order chi connectivity index (χ1) is 12.6. The van der Waals surface area contributed by atoms with E-state index >= 15 is 0 Å². The summed E-state index contributed by atoms with van der Waals surface area (Å²) in [6.45, 7) is 5.46. The summed E-state index contributed by atoms with van der Waals surface area (Å²) in [5.74, 6) is 0.525. The summed E-state index contributed by atoms with van der Waals surface area (Å²) in [4.78, 5) is 35.1. The summed E-state index contributed by atoms with van der Waals surface area (Å²) in [6, 6.07) is 10.9. The first-order valence-electron chi connectivity index (χ1n) is 8.60. The molecule has 0 aliphatic carbocycles. The number of aromatic amines is 1. The van der Waals surface area contributed by atoms with E-state index in [1.807, 2.05) is 54.5 Å². The summed E-state index contributed by atoms with van der Waals surface area (Å²) in [7, 11) is 0. The predicted octanol–water partition coefficient (Wildman–Crippen LogP) is 2.51. The molecule has 3 aromatic rings. The van der Waals surface area contributed by atoms with Crippen molar-refractivity contribution in [3.8, 4) is 0 Å². The minimum absolute atomic E-state index is 0.0385. The van der Waals surface area contributed by atoms with Crippen LogP contribution >= 0.6 is 11.3 Å². The van der Waals surface area contributed by atoms with Gasteiger partial charge in [-0.2, -0.15) is 0 Å². The molecule has 0 radical (unpaired) electrons. The number of hydrogen-bond acceptors (Lipinski definition) is 5. The van der Waals surface area contributed by atoms with Gasteiger partial charge in [0.1, 0.15) is 5.82 Å². The van der Waals surface area contributed by atoms with Gasteiger partial charge in [-0.3, -0.25) is 14.5 Å². The van der Waals surface area contributed by atoms with E-state index in [1.165, 1.54) is 0 Å². The van der Waals surface area contributed by atoms with Crippen LogP contribution in [0.1, 0.15) is 24.5 Å². The number of hydrogen-bond donors (Lipinski definition) is 2. The van der Waals surface area contributed by atoms with Crippen molar-refractivity contribution in [2.24, 2.45) is 0 Å². The SMILES string of the molecule is CCN(Cc1nc2ccccc2c(=O)[nH]1)C(C)C(=O)NCc1cccs1. The zero-order valence-corrected chi connectivity index (χ0v) is 15.7. The van der Waals surface area contributed by atoms with E-state index in [1.54, 1.807) is 17.4 Å². The van der Waals surface area contributed by atoms with Crippen LogP contribution in [-0.2, 0) is 17.9 Å². The Bertz CT molecular complexity index is 936. The van der Waals surface area contributed by atoms with Crippen LogP contribution < -0.4 is 10.9 Å². The number of nitrogens with zero attached hydrogens (tertiary/aromatic N) is 2. The van der Waals surface area contributed by atoms with Gasteiger partial charge in [0.15, 0.2) is 0 Å². The molecule has 26 heavy (non-hydrogen) atoms. The number of likely N-dealkylation sites (N-methyl/N-ethyl adjacent to an activating group) is 1. The number of amides is 1. The minimum atomic E-state index is -0.322. The molecule has 136 valence electrons. The van der Waals surface area contributed by atoms with Crippen LogP contribution in [0.5, 0.6) is 0 Å². The predicted molar refractivity (Wildman–Crippen MR) is 104 cm³/mol. The molecular formula is C19H22N4O2S. The van der Waals surface area contributed by atoms with Gasteiger partial charge in [-0.15, -0.1) is 11.3 Å². The molecule has 6 nitrogen and oxygen atoms in total. The molecule has 2 heterocycles. The van der Waals surface area contributed by atoms with Gasteiger partial charge in [0.25, 0.3) is 5.56 Å². The lowest BCUT2D eigenvalue weighted by Crippen LogP contribution is -2.44. The molecule has 1 atom stereocenters. The summed E-state index contributed by atoms with van der Waals surface area (Å²) in [5.41, 5.74) is 0.508. The number of para-hydroxylation sites is 1. The van der Waals surface area contributed by atoms with Crippen LogP contribution in [0.2, 0.25) is 0 Å². The number of nitrogens with one attached hydrogen (secondary N) is 2. The maximum Gasteiger partial charge on any atom is 0.258 e. The molecule has 0 aliphatic rings. The summed E-state index contributed by atoms with van der Waals surface area (Å²) < 4.78 is 0. The van der Waals surface area contributed by atoms with E-state index < -0.39 is 0 Å². The molecule has 0 fully saturated rings. The molecule has 2 N–H and O–H groups in total. The van der Waals surface area contributed by atoms with Crippen LogP contribution in [0, 0.1) is 0 Å². The largest absolute Gasteiger partial charge is 0.350 e. The summed E-state index contributed by atoms with van der Waals surface area (Å²) in [5, 5.41) is 5.53. The van der Waals surface area contributed by atoms with Crippen LogP contribution in [0.4, 0.5) is 0 Å². The molecule has 1 aromatic carbocycles. The molecule has 3 rings (SSSR count). The number of carbonyl (C=O) groups is 1. The van der Waals surface area contributed by atoms with Gasteiger partial charge in [0, 0.05) is 4.88 Å². The lowest BCUT2D eigenvalue weighted by molar-refractivity contribution is -0.126. The van der Waals surface area contributed by atoms with Gasteiger partial charge in [0.05, 0.1) is 30.0 Å². The zero-order chi connectivity index (χ0) is 18.5. The monoisotopic (exact) mass is 370 g/mol. The average molecular weight is 370 g/mol. The number of aromatic nitrogens is 2. The molecule has 0 aliphatic heterocycles. The Hall–Kier alpha value is -2.51. The Kier molecular flexibility index (Phi) is 5.80. The quantitative estimate of drug-likeness (QED) is 0.670. The van der Waals surface area contributed by atoms with Gasteiger partial charge >= 0.3 is 0 Å². The van der Waals surface area contributed by atoms with Crippen LogP contribution in [-0.4, -0.2) is 33.4 Å². The van der Waals surface area contributed by atoms with Crippen molar-refractivity contribution < 1.29 is 4.79 Å². The van der Waals surface area contributed by atoms with Crippen molar-refractivity contribution in [2.75, 3.05) is 6.54 Å². The highest BCUT2D eigenvalue weighted by molar-refractivity contribution is 7.09. The van der Waals surface area contributed by atoms with Gasteiger partial charge in [-0.1, -0.05) is 25.1 Å². The van der Waals surface area contributed by atoms with Gasteiger partial charge in [-0.25, -0.2) is 4.98 Å². The topological polar surface area (TPSA) is 78.1 Å².